The summed E-state index contributed by atoms with van der Waals surface area (Å²) in [6.45, 7) is 2.74. The highest BCUT2D eigenvalue weighted by atomic mass is 32.1. The maximum atomic E-state index is 10.8. The van der Waals surface area contributed by atoms with Crippen LogP contribution in [0.15, 0.2) is 17.5 Å². The average Bonchev–Trinajstić information content (AvgIpc) is 2.70. The maximum Gasteiger partial charge on any atom is 0.306 e. The molecule has 0 saturated heterocycles. The standard InChI is InChI=1S/C10H15NO2S/c1-8(9-4-3-7-14-9)11-6-5-10(12)13-2/h3-4,7-8,11H,5-6H2,1-2H3/t8-/m1/s1. The lowest BCUT2D eigenvalue weighted by Gasteiger charge is -2.10. The highest BCUT2D eigenvalue weighted by molar-refractivity contribution is 7.10. The molecule has 1 N–H and O–H groups in total. The van der Waals surface area contributed by atoms with Crippen LogP contribution >= 0.6 is 11.3 Å². The number of methoxy groups -OCH3 is 1. The molecule has 0 fully saturated rings. The molecule has 1 aromatic rings. The molecule has 78 valence electrons. The Morgan fingerprint density at radius 3 is 3.07 bits per heavy atom. The molecule has 1 heterocycles. The summed E-state index contributed by atoms with van der Waals surface area (Å²) in [7, 11) is 1.41. The van der Waals surface area contributed by atoms with Gasteiger partial charge in [0.2, 0.25) is 0 Å². The summed E-state index contributed by atoms with van der Waals surface area (Å²) in [5, 5.41) is 5.31. The first-order chi connectivity index (χ1) is 6.74. The number of ether oxygens (including phenoxy) is 1. The highest BCUT2D eigenvalue weighted by Crippen LogP contribution is 2.17. The van der Waals surface area contributed by atoms with Crippen molar-refractivity contribution in [3.05, 3.63) is 22.4 Å². The number of carbonyl (C=O) groups is 1. The Morgan fingerprint density at radius 1 is 1.71 bits per heavy atom. The Bertz CT molecular complexity index is 272. The SMILES string of the molecule is COC(=O)CCN[C@H](C)c1cccs1. The van der Waals surface area contributed by atoms with E-state index < -0.39 is 0 Å². The molecule has 0 saturated carbocycles. The largest absolute Gasteiger partial charge is 0.469 e. The number of rotatable bonds is 5. The van der Waals surface area contributed by atoms with Crippen molar-refractivity contribution in [1.82, 2.24) is 5.32 Å². The van der Waals surface area contributed by atoms with Crippen LogP contribution in [0.5, 0.6) is 0 Å². The molecule has 0 aliphatic carbocycles. The molecule has 1 atom stereocenters. The quantitative estimate of drug-likeness (QED) is 0.760. The normalized spacial score (nSPS) is 12.4. The zero-order chi connectivity index (χ0) is 10.4. The van der Waals surface area contributed by atoms with Crippen molar-refractivity contribution in [1.29, 1.82) is 0 Å². The molecular formula is C10H15NO2S. The molecule has 0 aliphatic rings. The van der Waals surface area contributed by atoms with Crippen LogP contribution in [0.25, 0.3) is 0 Å². The van der Waals surface area contributed by atoms with E-state index in [0.29, 0.717) is 19.0 Å². The van der Waals surface area contributed by atoms with E-state index >= 15 is 0 Å². The van der Waals surface area contributed by atoms with E-state index in [-0.39, 0.29) is 5.97 Å². The van der Waals surface area contributed by atoms with Crippen LogP contribution in [0, 0.1) is 0 Å². The topological polar surface area (TPSA) is 38.3 Å². The molecule has 0 amide bonds. The molecular weight excluding hydrogens is 198 g/mol. The summed E-state index contributed by atoms with van der Waals surface area (Å²) in [5.74, 6) is -0.170. The van der Waals surface area contributed by atoms with Crippen molar-refractivity contribution in [2.45, 2.75) is 19.4 Å². The fraction of sp³-hybridized carbons (Fsp3) is 0.500. The zero-order valence-electron chi connectivity index (χ0n) is 8.45. The van der Waals surface area contributed by atoms with Gasteiger partial charge in [0.1, 0.15) is 0 Å². The monoisotopic (exact) mass is 213 g/mol. The molecule has 1 aromatic heterocycles. The lowest BCUT2D eigenvalue weighted by Crippen LogP contribution is -2.21. The first kappa shape index (κ1) is 11.2. The van der Waals surface area contributed by atoms with Crippen molar-refractivity contribution in [2.75, 3.05) is 13.7 Å². The second-order valence-corrected chi connectivity index (χ2v) is 4.00. The van der Waals surface area contributed by atoms with Crippen LogP contribution < -0.4 is 5.32 Å². The average molecular weight is 213 g/mol. The number of nitrogens with one attached hydrogen (secondary N) is 1. The minimum Gasteiger partial charge on any atom is -0.469 e. The molecule has 1 rings (SSSR count). The lowest BCUT2D eigenvalue weighted by atomic mass is 10.2. The van der Waals surface area contributed by atoms with Gasteiger partial charge >= 0.3 is 5.97 Å². The third-order valence-corrected chi connectivity index (χ3v) is 3.03. The number of carbonyl (C=O) groups excluding carboxylic acids is 1. The second-order valence-electron chi connectivity index (χ2n) is 3.02. The van der Waals surface area contributed by atoms with Crippen LogP contribution in [0.3, 0.4) is 0 Å². The second kappa shape index (κ2) is 5.78. The maximum absolute atomic E-state index is 10.8. The van der Waals surface area contributed by atoms with E-state index in [9.17, 15) is 4.79 Å². The summed E-state index contributed by atoms with van der Waals surface area (Å²) in [6.07, 6.45) is 0.423. The molecule has 0 radical (unpaired) electrons. The summed E-state index contributed by atoms with van der Waals surface area (Å²) in [5.41, 5.74) is 0. The van der Waals surface area contributed by atoms with Crippen LogP contribution in [0.1, 0.15) is 24.3 Å². The smallest absolute Gasteiger partial charge is 0.306 e. The van der Waals surface area contributed by atoms with Crippen molar-refractivity contribution in [2.24, 2.45) is 0 Å². The van der Waals surface area contributed by atoms with Gasteiger partial charge in [0, 0.05) is 17.5 Å². The fourth-order valence-corrected chi connectivity index (χ4v) is 1.89. The predicted molar refractivity (Wildman–Crippen MR) is 57.4 cm³/mol. The van der Waals surface area contributed by atoms with Gasteiger partial charge in [-0.2, -0.15) is 0 Å². The highest BCUT2D eigenvalue weighted by Gasteiger charge is 2.06. The molecule has 0 unspecified atom stereocenters. The minimum absolute atomic E-state index is 0.170. The summed E-state index contributed by atoms with van der Waals surface area (Å²) >= 11 is 1.72. The van der Waals surface area contributed by atoms with E-state index in [1.165, 1.54) is 12.0 Å². The molecule has 3 nitrogen and oxygen atoms in total. The molecule has 14 heavy (non-hydrogen) atoms. The Morgan fingerprint density at radius 2 is 2.50 bits per heavy atom. The van der Waals surface area contributed by atoms with Crippen LogP contribution in [0.4, 0.5) is 0 Å². The van der Waals surface area contributed by atoms with Gasteiger partial charge in [0.15, 0.2) is 0 Å². The van der Waals surface area contributed by atoms with E-state index in [4.69, 9.17) is 0 Å². The lowest BCUT2D eigenvalue weighted by molar-refractivity contribution is -0.140. The Balaban J connectivity index is 2.22. The minimum atomic E-state index is -0.170. The Hall–Kier alpha value is -0.870. The van der Waals surface area contributed by atoms with E-state index in [1.54, 1.807) is 11.3 Å². The van der Waals surface area contributed by atoms with E-state index in [1.807, 2.05) is 11.4 Å². The van der Waals surface area contributed by atoms with Gasteiger partial charge < -0.3 is 10.1 Å². The number of esters is 1. The van der Waals surface area contributed by atoms with Crippen LogP contribution in [0.2, 0.25) is 0 Å². The van der Waals surface area contributed by atoms with Gasteiger partial charge in [-0.05, 0) is 18.4 Å². The first-order valence-corrected chi connectivity index (χ1v) is 5.45. The number of thiophene rings is 1. The van der Waals surface area contributed by atoms with Crippen molar-refractivity contribution in [3.8, 4) is 0 Å². The summed E-state index contributed by atoms with van der Waals surface area (Å²) < 4.78 is 4.55. The number of hydrogen-bond acceptors (Lipinski definition) is 4. The van der Waals surface area contributed by atoms with Crippen LogP contribution in [-0.2, 0) is 9.53 Å². The first-order valence-electron chi connectivity index (χ1n) is 4.57. The van der Waals surface area contributed by atoms with Gasteiger partial charge in [-0.1, -0.05) is 6.07 Å². The Labute approximate surface area is 88.1 Å². The third kappa shape index (κ3) is 3.47. The van der Waals surface area contributed by atoms with Crippen molar-refractivity contribution in [3.63, 3.8) is 0 Å². The van der Waals surface area contributed by atoms with Gasteiger partial charge in [-0.3, -0.25) is 4.79 Å². The van der Waals surface area contributed by atoms with Crippen molar-refractivity contribution < 1.29 is 9.53 Å². The molecule has 0 bridgehead atoms. The Kier molecular flexibility index (Phi) is 4.62. The molecule has 0 spiro atoms. The van der Waals surface area contributed by atoms with E-state index in [2.05, 4.69) is 23.0 Å². The van der Waals surface area contributed by atoms with Gasteiger partial charge in [0.05, 0.1) is 13.5 Å². The number of hydrogen-bond donors (Lipinski definition) is 1. The van der Waals surface area contributed by atoms with Gasteiger partial charge in [-0.25, -0.2) is 0 Å². The van der Waals surface area contributed by atoms with Crippen molar-refractivity contribution >= 4 is 17.3 Å². The summed E-state index contributed by atoms with van der Waals surface area (Å²) in [6, 6.07) is 4.42. The van der Waals surface area contributed by atoms with Gasteiger partial charge in [0.25, 0.3) is 0 Å². The fourth-order valence-electron chi connectivity index (χ4n) is 1.13. The summed E-state index contributed by atoms with van der Waals surface area (Å²) in [4.78, 5) is 12.1. The predicted octanol–water partition coefficient (Wildman–Crippen LogP) is 1.96. The molecule has 0 aliphatic heterocycles. The zero-order valence-corrected chi connectivity index (χ0v) is 9.26. The molecule has 0 aromatic carbocycles. The third-order valence-electron chi connectivity index (χ3n) is 1.98. The molecule has 4 heteroatoms. The van der Waals surface area contributed by atoms with Crippen LogP contribution in [-0.4, -0.2) is 19.6 Å². The van der Waals surface area contributed by atoms with E-state index in [0.717, 1.165) is 0 Å². The van der Waals surface area contributed by atoms with Gasteiger partial charge in [-0.15, -0.1) is 11.3 Å².